The van der Waals surface area contributed by atoms with Gasteiger partial charge in [-0.25, -0.2) is 9.13 Å². The molecule has 4 aromatic rings. The van der Waals surface area contributed by atoms with Crippen LogP contribution in [0.15, 0.2) is 78.5 Å². The largest absolute Gasteiger partial charge is 0.384 e. The highest BCUT2D eigenvalue weighted by Gasteiger charge is 2.30. The SMILES string of the molecule is CN1C(=O)c2cccc3c(NCCCn4cc[n+](CCCSc5cccc[n+]5C)c4)ccc(c23)C1=O. The van der Waals surface area contributed by atoms with Gasteiger partial charge in [-0.1, -0.05) is 23.9 Å². The lowest BCUT2D eigenvalue weighted by molar-refractivity contribution is -0.708. The average Bonchev–Trinajstić information content (AvgIpc) is 3.35. The molecule has 2 aromatic carbocycles. The number of anilines is 1. The van der Waals surface area contributed by atoms with Gasteiger partial charge in [-0.15, -0.1) is 0 Å². The van der Waals surface area contributed by atoms with Crippen LogP contribution < -0.4 is 14.5 Å². The number of amides is 2. The number of thioether (sulfide) groups is 1. The zero-order chi connectivity index (χ0) is 25.1. The van der Waals surface area contributed by atoms with Gasteiger partial charge in [0.25, 0.3) is 11.8 Å². The van der Waals surface area contributed by atoms with E-state index in [1.807, 2.05) is 36.0 Å². The second-order valence-electron chi connectivity index (χ2n) is 9.08. The Morgan fingerprint density at radius 2 is 1.78 bits per heavy atom. The summed E-state index contributed by atoms with van der Waals surface area (Å²) in [5.74, 6) is 0.592. The van der Waals surface area contributed by atoms with Gasteiger partial charge in [0.1, 0.15) is 19.4 Å². The van der Waals surface area contributed by atoms with Crippen molar-refractivity contribution in [2.45, 2.75) is 31.0 Å². The topological polar surface area (TPSA) is 62.1 Å². The number of nitrogens with one attached hydrogen (secondary N) is 1. The number of hydrogen-bond acceptors (Lipinski definition) is 4. The van der Waals surface area contributed by atoms with Crippen molar-refractivity contribution in [3.63, 3.8) is 0 Å². The van der Waals surface area contributed by atoms with Crippen molar-refractivity contribution in [2.24, 2.45) is 7.05 Å². The van der Waals surface area contributed by atoms with Crippen molar-refractivity contribution in [3.8, 4) is 0 Å². The van der Waals surface area contributed by atoms with Gasteiger partial charge in [0.2, 0.25) is 11.4 Å². The minimum atomic E-state index is -0.246. The molecule has 36 heavy (non-hydrogen) atoms. The molecule has 0 bridgehead atoms. The summed E-state index contributed by atoms with van der Waals surface area (Å²) >= 11 is 1.89. The molecule has 0 saturated carbocycles. The molecule has 1 aliphatic rings. The summed E-state index contributed by atoms with van der Waals surface area (Å²) in [7, 11) is 3.62. The molecular weight excluding hydrogens is 470 g/mol. The third-order valence-corrected chi connectivity index (χ3v) is 7.80. The van der Waals surface area contributed by atoms with Crippen molar-refractivity contribution in [1.82, 2.24) is 9.47 Å². The first kappa shape index (κ1) is 24.1. The first-order valence-electron chi connectivity index (χ1n) is 12.3. The summed E-state index contributed by atoms with van der Waals surface area (Å²) < 4.78 is 6.62. The Kier molecular flexibility index (Phi) is 7.04. The van der Waals surface area contributed by atoms with Gasteiger partial charge in [-0.05, 0) is 30.7 Å². The number of pyridine rings is 1. The number of rotatable bonds is 10. The molecule has 0 saturated heterocycles. The summed E-state index contributed by atoms with van der Waals surface area (Å²) in [4.78, 5) is 26.4. The van der Waals surface area contributed by atoms with Crippen LogP contribution in [-0.2, 0) is 20.1 Å². The standard InChI is InChI=1S/C28H30N5O2S/c1-30-14-4-3-10-25(30)36-19-7-16-33-18-17-32(20-33)15-6-13-29-24-12-11-23-26-21(24)8-5-9-22(26)27(34)31(2)28(23)35/h3-5,8-12,14,17-18,20H,6-7,13,15-16,19H2,1-2H3/q+1/p+1. The number of hydrogen-bond donors (Lipinski definition) is 1. The smallest absolute Gasteiger partial charge is 0.261 e. The summed E-state index contributed by atoms with van der Waals surface area (Å²) in [6.07, 6.45) is 10.6. The van der Waals surface area contributed by atoms with Crippen LogP contribution >= 0.6 is 11.8 Å². The van der Waals surface area contributed by atoms with Crippen LogP contribution in [0.2, 0.25) is 0 Å². The number of imidazole rings is 1. The maximum Gasteiger partial charge on any atom is 0.261 e. The molecule has 7 nitrogen and oxygen atoms in total. The Labute approximate surface area is 215 Å². The van der Waals surface area contributed by atoms with E-state index in [2.05, 4.69) is 69.2 Å². The molecule has 0 fully saturated rings. The number of imide groups is 1. The Balaban J connectivity index is 1.12. The van der Waals surface area contributed by atoms with Crippen LogP contribution in [0.1, 0.15) is 33.6 Å². The Bertz CT molecular complexity index is 1410. The summed E-state index contributed by atoms with van der Waals surface area (Å²) in [5.41, 5.74) is 2.12. The van der Waals surface area contributed by atoms with Gasteiger partial charge in [-0.2, -0.15) is 4.57 Å². The highest BCUT2D eigenvalue weighted by molar-refractivity contribution is 7.99. The molecule has 0 radical (unpaired) electrons. The number of benzene rings is 2. The summed E-state index contributed by atoms with van der Waals surface area (Å²) in [6, 6.07) is 15.7. The van der Waals surface area contributed by atoms with Crippen molar-refractivity contribution in [2.75, 3.05) is 24.7 Å². The first-order valence-corrected chi connectivity index (χ1v) is 13.3. The average molecular weight is 502 g/mol. The third-order valence-electron chi connectivity index (χ3n) is 6.58. The molecule has 5 rings (SSSR count). The van der Waals surface area contributed by atoms with Gasteiger partial charge in [-0.3, -0.25) is 14.5 Å². The van der Waals surface area contributed by atoms with E-state index in [9.17, 15) is 9.59 Å². The molecule has 2 amide bonds. The van der Waals surface area contributed by atoms with Crippen molar-refractivity contribution >= 4 is 40.0 Å². The normalized spacial score (nSPS) is 13.0. The lowest BCUT2D eigenvalue weighted by Gasteiger charge is -2.24. The predicted octanol–water partition coefficient (Wildman–Crippen LogP) is 3.66. The fourth-order valence-electron chi connectivity index (χ4n) is 4.64. The van der Waals surface area contributed by atoms with Crippen LogP contribution in [0.3, 0.4) is 0 Å². The number of carbonyl (C=O) groups is 2. The van der Waals surface area contributed by atoms with Crippen LogP contribution in [0, 0.1) is 0 Å². The molecule has 0 atom stereocenters. The second-order valence-corrected chi connectivity index (χ2v) is 10.2. The Hall–Kier alpha value is -3.65. The van der Waals surface area contributed by atoms with E-state index >= 15 is 0 Å². The van der Waals surface area contributed by atoms with Crippen molar-refractivity contribution in [1.29, 1.82) is 0 Å². The Morgan fingerprint density at radius 1 is 0.944 bits per heavy atom. The zero-order valence-electron chi connectivity index (χ0n) is 20.7. The zero-order valence-corrected chi connectivity index (χ0v) is 21.5. The third kappa shape index (κ3) is 4.86. The fraction of sp³-hybridized carbons (Fsp3) is 0.286. The number of aromatic nitrogens is 3. The fourth-order valence-corrected chi connectivity index (χ4v) is 5.56. The van der Waals surface area contributed by atoms with E-state index in [-0.39, 0.29) is 11.8 Å². The molecule has 8 heteroatoms. The monoisotopic (exact) mass is 501 g/mol. The molecule has 1 aliphatic heterocycles. The molecule has 184 valence electrons. The quantitative estimate of drug-likeness (QED) is 0.156. The number of nitrogens with zero attached hydrogens (tertiary/aromatic N) is 4. The minimum absolute atomic E-state index is 0.246. The maximum atomic E-state index is 12.6. The van der Waals surface area contributed by atoms with Gasteiger partial charge < -0.3 is 5.32 Å². The molecule has 0 aliphatic carbocycles. The van der Waals surface area contributed by atoms with E-state index < -0.39 is 0 Å². The Morgan fingerprint density at radius 3 is 2.61 bits per heavy atom. The van der Waals surface area contributed by atoms with Crippen molar-refractivity contribution in [3.05, 3.63) is 84.6 Å². The molecule has 0 spiro atoms. The minimum Gasteiger partial charge on any atom is -0.384 e. The first-order chi connectivity index (χ1) is 17.5. The van der Waals surface area contributed by atoms with Crippen LogP contribution in [-0.4, -0.2) is 40.6 Å². The number of carbonyl (C=O) groups excluding carboxylic acids is 2. The van der Waals surface area contributed by atoms with E-state index in [4.69, 9.17) is 0 Å². The lowest BCUT2D eigenvalue weighted by atomic mass is 9.93. The molecule has 1 N–H and O–H groups in total. The van der Waals surface area contributed by atoms with E-state index in [0.717, 1.165) is 54.7 Å². The molecule has 2 aromatic heterocycles. The van der Waals surface area contributed by atoms with Gasteiger partial charge in [0.15, 0.2) is 6.20 Å². The number of aryl methyl sites for hydroxylation is 3. The van der Waals surface area contributed by atoms with Crippen LogP contribution in [0.25, 0.3) is 10.8 Å². The highest BCUT2D eigenvalue weighted by atomic mass is 32.2. The molecule has 0 unspecified atom stereocenters. The van der Waals surface area contributed by atoms with E-state index in [1.54, 1.807) is 6.07 Å². The lowest BCUT2D eigenvalue weighted by Crippen LogP contribution is -2.36. The highest BCUT2D eigenvalue weighted by Crippen LogP contribution is 2.33. The second kappa shape index (κ2) is 10.5. The van der Waals surface area contributed by atoms with Gasteiger partial charge >= 0.3 is 0 Å². The van der Waals surface area contributed by atoms with Crippen LogP contribution in [0.4, 0.5) is 5.69 Å². The van der Waals surface area contributed by atoms with Crippen molar-refractivity contribution < 1.29 is 18.7 Å². The van der Waals surface area contributed by atoms with Crippen LogP contribution in [0.5, 0.6) is 0 Å². The summed E-state index contributed by atoms with van der Waals surface area (Å²) in [5, 5.41) is 6.46. The van der Waals surface area contributed by atoms with E-state index in [0.29, 0.717) is 11.1 Å². The van der Waals surface area contributed by atoms with Gasteiger partial charge in [0.05, 0.1) is 13.1 Å². The predicted molar refractivity (Wildman–Crippen MR) is 141 cm³/mol. The maximum absolute atomic E-state index is 12.6. The van der Waals surface area contributed by atoms with E-state index in [1.165, 1.54) is 17.0 Å². The van der Waals surface area contributed by atoms with Gasteiger partial charge in [0, 0.05) is 65.5 Å². The molecule has 3 heterocycles. The summed E-state index contributed by atoms with van der Waals surface area (Å²) in [6.45, 7) is 2.71. The molecular formula is C28H31N5O2S+2.